The van der Waals surface area contributed by atoms with Crippen molar-refractivity contribution in [3.05, 3.63) is 0 Å². The van der Waals surface area contributed by atoms with E-state index in [4.69, 9.17) is 0 Å². The molecule has 0 saturated heterocycles. The van der Waals surface area contributed by atoms with Gasteiger partial charge in [-0.1, -0.05) is 34.8 Å². The number of hydrogen-bond acceptors (Lipinski definition) is 0. The highest BCUT2D eigenvalue weighted by atomic mass is 31.1. The molecule has 0 aromatic rings. The zero-order valence-electron chi connectivity index (χ0n) is 6.97. The molecule has 0 atom stereocenters. The molecule has 0 aromatic heterocycles. The minimum absolute atomic E-state index is 1.11. The van der Waals surface area contributed by atoms with Gasteiger partial charge in [0.05, 0.1) is 0 Å². The number of unbranched alkanes of at least 4 members (excludes halogenated alkanes) is 2. The Morgan fingerprint density at radius 3 is 2.60 bits per heavy atom. The van der Waals surface area contributed by atoms with Crippen molar-refractivity contribution in [2.45, 2.75) is 51.1 Å². The molecule has 1 radical (unpaired) electrons. The zero-order chi connectivity index (χ0) is 7.23. The van der Waals surface area contributed by atoms with Gasteiger partial charge in [-0.25, -0.2) is 0 Å². The first-order valence-electron chi connectivity index (χ1n) is 4.60. The topological polar surface area (TPSA) is 0 Å². The van der Waals surface area contributed by atoms with Crippen molar-refractivity contribution in [3.8, 4) is 0 Å². The van der Waals surface area contributed by atoms with Crippen LogP contribution in [0.15, 0.2) is 0 Å². The molecule has 1 aliphatic rings. The Bertz CT molecular complexity index is 76.8. The molecule has 0 unspecified atom stereocenters. The smallest absolute Gasteiger partial charge is 0.0170 e. The van der Waals surface area contributed by atoms with Gasteiger partial charge >= 0.3 is 0 Å². The second-order valence-electron chi connectivity index (χ2n) is 3.20. The van der Waals surface area contributed by atoms with Gasteiger partial charge in [-0.2, -0.15) is 0 Å². The molecular formula is C9H18P. The fraction of sp³-hybridized carbons (Fsp3) is 1.00. The van der Waals surface area contributed by atoms with Crippen LogP contribution in [0.1, 0.15) is 45.4 Å². The van der Waals surface area contributed by atoms with Crippen molar-refractivity contribution in [1.29, 1.82) is 0 Å². The van der Waals surface area contributed by atoms with Crippen molar-refractivity contribution in [2.24, 2.45) is 0 Å². The summed E-state index contributed by atoms with van der Waals surface area (Å²) < 4.78 is 0. The number of hydrogen-bond donors (Lipinski definition) is 0. The summed E-state index contributed by atoms with van der Waals surface area (Å²) in [6.45, 7) is 2.28. The summed E-state index contributed by atoms with van der Waals surface area (Å²) in [4.78, 5) is 0. The Labute approximate surface area is 66.6 Å². The summed E-state index contributed by atoms with van der Waals surface area (Å²) in [5.41, 5.74) is 1.11. The van der Waals surface area contributed by atoms with Crippen molar-refractivity contribution in [3.63, 3.8) is 0 Å². The third-order valence-corrected chi connectivity index (χ3v) is 3.83. The maximum absolute atomic E-state index is 2.28. The maximum Gasteiger partial charge on any atom is -0.0170 e. The first kappa shape index (κ1) is 8.53. The van der Waals surface area contributed by atoms with Gasteiger partial charge in [-0.3, -0.25) is 0 Å². The molecule has 0 aromatic carbocycles. The van der Waals surface area contributed by atoms with E-state index in [1.54, 1.807) is 8.58 Å². The van der Waals surface area contributed by atoms with E-state index >= 15 is 0 Å². The van der Waals surface area contributed by atoms with E-state index in [0.717, 1.165) is 5.66 Å². The van der Waals surface area contributed by atoms with E-state index in [9.17, 15) is 0 Å². The quantitative estimate of drug-likeness (QED) is 0.422. The van der Waals surface area contributed by atoms with E-state index in [-0.39, 0.29) is 0 Å². The van der Waals surface area contributed by atoms with E-state index < -0.39 is 0 Å². The van der Waals surface area contributed by atoms with Crippen LogP contribution in [0.2, 0.25) is 0 Å². The minimum Gasteiger partial charge on any atom is -0.0775 e. The van der Waals surface area contributed by atoms with Gasteiger partial charge in [-0.15, -0.1) is 0 Å². The number of rotatable bonds is 5. The van der Waals surface area contributed by atoms with Crippen LogP contribution in [-0.4, -0.2) is 11.8 Å². The fourth-order valence-corrected chi connectivity index (χ4v) is 2.71. The summed E-state index contributed by atoms with van der Waals surface area (Å²) in [5.74, 6) is 0. The molecule has 0 N–H and O–H groups in total. The highest BCUT2D eigenvalue weighted by Crippen LogP contribution is 2.36. The predicted molar refractivity (Wildman–Crippen MR) is 49.0 cm³/mol. The molecule has 1 rings (SSSR count). The molecule has 0 amide bonds. The van der Waals surface area contributed by atoms with E-state index in [1.807, 2.05) is 0 Å². The van der Waals surface area contributed by atoms with Crippen LogP contribution >= 0.6 is 8.58 Å². The van der Waals surface area contributed by atoms with Gasteiger partial charge in [0.25, 0.3) is 0 Å². The largest absolute Gasteiger partial charge is 0.0775 e. The van der Waals surface area contributed by atoms with Crippen LogP contribution < -0.4 is 0 Å². The van der Waals surface area contributed by atoms with Crippen LogP contribution in [0.5, 0.6) is 0 Å². The summed E-state index contributed by atoms with van der Waals surface area (Å²) >= 11 is 0. The Morgan fingerprint density at radius 1 is 1.30 bits per heavy atom. The molecule has 0 bridgehead atoms. The van der Waals surface area contributed by atoms with Crippen LogP contribution in [0.3, 0.4) is 0 Å². The molecule has 0 spiro atoms. The van der Waals surface area contributed by atoms with Crippen molar-refractivity contribution < 1.29 is 0 Å². The van der Waals surface area contributed by atoms with E-state index in [2.05, 4.69) is 6.92 Å². The van der Waals surface area contributed by atoms with E-state index in [0.29, 0.717) is 0 Å². The summed E-state index contributed by atoms with van der Waals surface area (Å²) in [7, 11) is 1.75. The lowest BCUT2D eigenvalue weighted by atomic mass is 10.00. The minimum atomic E-state index is 1.11. The average Bonchev–Trinajstić information content (AvgIpc) is 1.84. The molecule has 59 valence electrons. The normalized spacial score (nSPS) is 20.1. The SMILES string of the molecule is CCCCC[P]C1CCC1. The zero-order valence-corrected chi connectivity index (χ0v) is 7.87. The fourth-order valence-electron chi connectivity index (χ4n) is 1.20. The molecule has 0 nitrogen and oxygen atoms in total. The maximum atomic E-state index is 2.28. The second-order valence-corrected chi connectivity index (χ2v) is 4.74. The van der Waals surface area contributed by atoms with Crippen molar-refractivity contribution in [1.82, 2.24) is 0 Å². The van der Waals surface area contributed by atoms with Gasteiger partial charge in [0.1, 0.15) is 0 Å². The van der Waals surface area contributed by atoms with Gasteiger partial charge in [-0.05, 0) is 31.1 Å². The Morgan fingerprint density at radius 2 is 2.10 bits per heavy atom. The second kappa shape index (κ2) is 5.13. The Hall–Kier alpha value is 0.430. The van der Waals surface area contributed by atoms with Gasteiger partial charge in [0.2, 0.25) is 0 Å². The predicted octanol–water partition coefficient (Wildman–Crippen LogP) is 3.68. The molecule has 0 aliphatic heterocycles. The van der Waals surface area contributed by atoms with Gasteiger partial charge in [0.15, 0.2) is 0 Å². The third-order valence-electron chi connectivity index (χ3n) is 2.22. The van der Waals surface area contributed by atoms with Crippen LogP contribution in [0, 0.1) is 0 Å². The lowest BCUT2D eigenvalue weighted by Crippen LogP contribution is -2.11. The molecule has 1 saturated carbocycles. The van der Waals surface area contributed by atoms with Crippen molar-refractivity contribution in [2.75, 3.05) is 6.16 Å². The van der Waals surface area contributed by atoms with Gasteiger partial charge < -0.3 is 0 Å². The van der Waals surface area contributed by atoms with Crippen LogP contribution in [0.25, 0.3) is 0 Å². The Kier molecular flexibility index (Phi) is 4.37. The average molecular weight is 157 g/mol. The van der Waals surface area contributed by atoms with Crippen LogP contribution in [0.4, 0.5) is 0 Å². The molecular weight excluding hydrogens is 139 g/mol. The van der Waals surface area contributed by atoms with Crippen molar-refractivity contribution >= 4 is 8.58 Å². The highest BCUT2D eigenvalue weighted by Gasteiger charge is 2.16. The van der Waals surface area contributed by atoms with E-state index in [1.165, 1.54) is 44.7 Å². The first-order chi connectivity index (χ1) is 4.93. The molecule has 1 heteroatoms. The summed E-state index contributed by atoms with van der Waals surface area (Å²) in [5, 5.41) is 0. The summed E-state index contributed by atoms with van der Waals surface area (Å²) in [6.07, 6.45) is 10.3. The molecule has 0 heterocycles. The van der Waals surface area contributed by atoms with Gasteiger partial charge in [0, 0.05) is 0 Å². The monoisotopic (exact) mass is 157 g/mol. The Balaban J connectivity index is 1.76. The summed E-state index contributed by atoms with van der Waals surface area (Å²) in [6, 6.07) is 0. The molecule has 1 aliphatic carbocycles. The molecule has 10 heavy (non-hydrogen) atoms. The highest BCUT2D eigenvalue weighted by molar-refractivity contribution is 7.38. The van der Waals surface area contributed by atoms with Crippen LogP contribution in [-0.2, 0) is 0 Å². The first-order valence-corrected chi connectivity index (χ1v) is 5.75. The standard InChI is InChI=1S/C9H18P/c1-2-3-4-8-10-9-6-5-7-9/h9H,2-8H2,1H3. The lowest BCUT2D eigenvalue weighted by Gasteiger charge is -2.24. The molecule has 1 fully saturated rings. The lowest BCUT2D eigenvalue weighted by molar-refractivity contribution is 0.517. The third kappa shape index (κ3) is 3.01.